The number of hydrogen-bond donors (Lipinski definition) is 1. The smallest absolute Gasteiger partial charge is 0.272 e. The van der Waals surface area contributed by atoms with Gasteiger partial charge in [0.2, 0.25) is 0 Å². The van der Waals surface area contributed by atoms with Gasteiger partial charge in [-0.05, 0) is 25.0 Å². The number of nitrogens with one attached hydrogen (secondary N) is 1. The molecule has 0 aliphatic carbocycles. The van der Waals surface area contributed by atoms with Crippen molar-refractivity contribution in [2.45, 2.75) is 18.9 Å². The van der Waals surface area contributed by atoms with Crippen molar-refractivity contribution in [3.63, 3.8) is 0 Å². The number of hydrogen-bond acceptors (Lipinski definition) is 4. The zero-order chi connectivity index (χ0) is 17.7. The third-order valence-corrected chi connectivity index (χ3v) is 5.30. The molecule has 1 aliphatic heterocycles. The van der Waals surface area contributed by atoms with Gasteiger partial charge in [0.1, 0.15) is 16.9 Å². The van der Waals surface area contributed by atoms with Gasteiger partial charge in [-0.3, -0.25) is 9.48 Å². The van der Waals surface area contributed by atoms with E-state index in [2.05, 4.69) is 24.6 Å². The molecule has 8 nitrogen and oxygen atoms in total. The maximum atomic E-state index is 12.7. The summed E-state index contributed by atoms with van der Waals surface area (Å²) in [6, 6.07) is 4.15. The van der Waals surface area contributed by atoms with Gasteiger partial charge in [0, 0.05) is 44.0 Å². The second-order valence-electron chi connectivity index (χ2n) is 6.75. The SMILES string of the molecule is Cn1nccc1C(=O)N1CCC(n2cnc3cnc4[nH]ccc4c32)CC1. The molecule has 5 heterocycles. The van der Waals surface area contributed by atoms with Crippen LogP contribution in [-0.4, -0.2) is 53.2 Å². The number of aryl methyl sites for hydroxylation is 1. The van der Waals surface area contributed by atoms with Crippen LogP contribution in [0, 0.1) is 0 Å². The lowest BCUT2D eigenvalue weighted by Gasteiger charge is -2.32. The van der Waals surface area contributed by atoms with Gasteiger partial charge < -0.3 is 14.5 Å². The molecule has 1 amide bonds. The first kappa shape index (κ1) is 15.1. The summed E-state index contributed by atoms with van der Waals surface area (Å²) < 4.78 is 3.88. The van der Waals surface area contributed by atoms with Crippen LogP contribution in [0.25, 0.3) is 22.1 Å². The minimum absolute atomic E-state index is 0.0520. The zero-order valence-electron chi connectivity index (χ0n) is 14.5. The Bertz CT molecular complexity index is 1100. The molecule has 0 aromatic carbocycles. The van der Waals surface area contributed by atoms with Crippen molar-refractivity contribution >= 4 is 28.0 Å². The monoisotopic (exact) mass is 349 g/mol. The topological polar surface area (TPSA) is 84.6 Å². The van der Waals surface area contributed by atoms with Crippen molar-refractivity contribution < 1.29 is 4.79 Å². The molecule has 0 bridgehead atoms. The molecule has 5 rings (SSSR count). The van der Waals surface area contributed by atoms with Crippen LogP contribution < -0.4 is 0 Å². The first-order valence-corrected chi connectivity index (χ1v) is 8.78. The van der Waals surface area contributed by atoms with Crippen LogP contribution in [0.1, 0.15) is 29.4 Å². The van der Waals surface area contributed by atoms with E-state index in [1.807, 2.05) is 29.7 Å². The van der Waals surface area contributed by atoms with Crippen molar-refractivity contribution in [3.05, 3.63) is 42.7 Å². The Hall–Kier alpha value is -3.16. The molecule has 1 aliphatic rings. The third-order valence-electron chi connectivity index (χ3n) is 5.30. The molecule has 1 N–H and O–H groups in total. The highest BCUT2D eigenvalue weighted by Gasteiger charge is 2.27. The van der Waals surface area contributed by atoms with Gasteiger partial charge in [-0.1, -0.05) is 0 Å². The Morgan fingerprint density at radius 3 is 2.85 bits per heavy atom. The van der Waals surface area contributed by atoms with E-state index in [4.69, 9.17) is 0 Å². The van der Waals surface area contributed by atoms with E-state index in [1.54, 1.807) is 24.0 Å². The van der Waals surface area contributed by atoms with Crippen LogP contribution in [0.5, 0.6) is 0 Å². The van der Waals surface area contributed by atoms with Gasteiger partial charge in [-0.2, -0.15) is 5.10 Å². The van der Waals surface area contributed by atoms with Crippen molar-refractivity contribution in [1.82, 2.24) is 34.2 Å². The van der Waals surface area contributed by atoms with Gasteiger partial charge in [-0.25, -0.2) is 9.97 Å². The summed E-state index contributed by atoms with van der Waals surface area (Å²) in [7, 11) is 1.80. The van der Waals surface area contributed by atoms with E-state index in [-0.39, 0.29) is 5.91 Å². The molecule has 0 radical (unpaired) electrons. The minimum Gasteiger partial charge on any atom is -0.346 e. The van der Waals surface area contributed by atoms with Crippen LogP contribution in [-0.2, 0) is 7.05 Å². The van der Waals surface area contributed by atoms with E-state index in [1.165, 1.54) is 0 Å². The first-order chi connectivity index (χ1) is 12.7. The van der Waals surface area contributed by atoms with Crippen molar-refractivity contribution in [1.29, 1.82) is 0 Å². The molecule has 132 valence electrons. The third kappa shape index (κ3) is 2.22. The lowest BCUT2D eigenvalue weighted by molar-refractivity contribution is 0.0685. The number of imidazole rings is 1. The zero-order valence-corrected chi connectivity index (χ0v) is 14.5. The predicted molar refractivity (Wildman–Crippen MR) is 96.8 cm³/mol. The molecule has 26 heavy (non-hydrogen) atoms. The number of fused-ring (bicyclic) bond motifs is 3. The first-order valence-electron chi connectivity index (χ1n) is 8.78. The Balaban J connectivity index is 1.41. The number of carbonyl (C=O) groups excluding carboxylic acids is 1. The number of aromatic nitrogens is 6. The summed E-state index contributed by atoms with van der Waals surface area (Å²) in [4.78, 5) is 26.7. The van der Waals surface area contributed by atoms with E-state index in [0.29, 0.717) is 11.7 Å². The maximum Gasteiger partial charge on any atom is 0.272 e. The van der Waals surface area contributed by atoms with Crippen molar-refractivity contribution in [2.24, 2.45) is 7.05 Å². The highest BCUT2D eigenvalue weighted by Crippen LogP contribution is 2.30. The normalized spacial score (nSPS) is 16.0. The minimum atomic E-state index is 0.0520. The fourth-order valence-electron chi connectivity index (χ4n) is 3.90. The maximum absolute atomic E-state index is 12.7. The molecule has 0 spiro atoms. The van der Waals surface area contributed by atoms with Gasteiger partial charge in [0.15, 0.2) is 0 Å². The van der Waals surface area contributed by atoms with Crippen molar-refractivity contribution in [3.8, 4) is 0 Å². The summed E-state index contributed by atoms with van der Waals surface area (Å²) >= 11 is 0. The number of pyridine rings is 1. The van der Waals surface area contributed by atoms with E-state index in [0.717, 1.165) is 48.0 Å². The molecule has 8 heteroatoms. The molecule has 0 saturated carbocycles. The van der Waals surface area contributed by atoms with Crippen LogP contribution in [0.15, 0.2) is 37.1 Å². The largest absolute Gasteiger partial charge is 0.346 e. The van der Waals surface area contributed by atoms with Gasteiger partial charge in [-0.15, -0.1) is 0 Å². The Kier molecular flexibility index (Phi) is 3.31. The summed E-state index contributed by atoms with van der Waals surface area (Å²) in [5.41, 5.74) is 3.54. The lowest BCUT2D eigenvalue weighted by Crippen LogP contribution is -2.39. The molecular formula is C18H19N7O. The number of amides is 1. The fourth-order valence-corrected chi connectivity index (χ4v) is 3.90. The molecule has 4 aromatic rings. The summed E-state index contributed by atoms with van der Waals surface area (Å²) in [5, 5.41) is 5.19. The summed E-state index contributed by atoms with van der Waals surface area (Å²) in [6.45, 7) is 1.46. The standard InChI is InChI=1S/C18H19N7O/c1-23-15(3-7-22-23)18(26)24-8-4-12(5-9-24)25-11-21-14-10-20-17-13(16(14)25)2-6-19-17/h2-3,6-7,10-12H,4-5,8-9H2,1H3,(H,19,20). The predicted octanol–water partition coefficient (Wildman–Crippen LogP) is 2.12. The number of piperidine rings is 1. The van der Waals surface area contributed by atoms with E-state index >= 15 is 0 Å². The molecule has 1 fully saturated rings. The number of H-pyrrole nitrogens is 1. The second-order valence-corrected chi connectivity index (χ2v) is 6.75. The molecule has 1 saturated heterocycles. The Labute approximate surface area is 149 Å². The van der Waals surface area contributed by atoms with Crippen LogP contribution in [0.4, 0.5) is 0 Å². The average molecular weight is 349 g/mol. The summed E-state index contributed by atoms with van der Waals surface area (Å²) in [5.74, 6) is 0.0520. The molecule has 4 aromatic heterocycles. The number of nitrogens with zero attached hydrogens (tertiary/aromatic N) is 6. The number of rotatable bonds is 2. The van der Waals surface area contributed by atoms with E-state index < -0.39 is 0 Å². The van der Waals surface area contributed by atoms with E-state index in [9.17, 15) is 4.79 Å². The van der Waals surface area contributed by atoms with Crippen LogP contribution in [0.3, 0.4) is 0 Å². The summed E-state index contributed by atoms with van der Waals surface area (Å²) in [6.07, 6.45) is 9.09. The highest BCUT2D eigenvalue weighted by atomic mass is 16.2. The fraction of sp³-hybridized carbons (Fsp3) is 0.333. The Morgan fingerprint density at radius 2 is 2.08 bits per heavy atom. The second kappa shape index (κ2) is 5.69. The lowest BCUT2D eigenvalue weighted by atomic mass is 10.0. The van der Waals surface area contributed by atoms with Gasteiger partial charge >= 0.3 is 0 Å². The average Bonchev–Trinajstić information content (AvgIpc) is 3.39. The number of aromatic amines is 1. The molecular weight excluding hydrogens is 330 g/mol. The molecule has 0 atom stereocenters. The number of carbonyl (C=O) groups is 1. The van der Waals surface area contributed by atoms with Crippen molar-refractivity contribution in [2.75, 3.05) is 13.1 Å². The van der Waals surface area contributed by atoms with Crippen LogP contribution in [0.2, 0.25) is 0 Å². The van der Waals surface area contributed by atoms with Gasteiger partial charge in [0.25, 0.3) is 5.91 Å². The number of likely N-dealkylation sites (tertiary alicyclic amines) is 1. The quantitative estimate of drug-likeness (QED) is 0.601. The molecule has 0 unspecified atom stereocenters. The van der Waals surface area contributed by atoms with Crippen LogP contribution >= 0.6 is 0 Å². The highest BCUT2D eigenvalue weighted by molar-refractivity contribution is 6.01. The Morgan fingerprint density at radius 1 is 1.23 bits per heavy atom. The van der Waals surface area contributed by atoms with Gasteiger partial charge in [0.05, 0.1) is 18.0 Å².